The summed E-state index contributed by atoms with van der Waals surface area (Å²) >= 11 is 1.30. The van der Waals surface area contributed by atoms with Gasteiger partial charge in [0, 0.05) is 0 Å². The van der Waals surface area contributed by atoms with Gasteiger partial charge in [-0.2, -0.15) is 0 Å². The summed E-state index contributed by atoms with van der Waals surface area (Å²) in [5.41, 5.74) is 0. The lowest BCUT2D eigenvalue weighted by atomic mass is 10.6. The molecule has 0 saturated heterocycles. The van der Waals surface area contributed by atoms with Gasteiger partial charge in [0.25, 0.3) is 0 Å². The number of hydrogen-bond acceptors (Lipinski definition) is 4. The fourth-order valence-electron chi connectivity index (χ4n) is 0.855. The fourth-order valence-corrected chi connectivity index (χ4v) is 4.56. The van der Waals surface area contributed by atoms with E-state index in [1.807, 2.05) is 13.8 Å². The van der Waals surface area contributed by atoms with Gasteiger partial charge in [0.2, 0.25) is 0 Å². The molecule has 0 amide bonds. The van der Waals surface area contributed by atoms with Gasteiger partial charge in [0.1, 0.15) is 0 Å². The van der Waals surface area contributed by atoms with Crippen LogP contribution in [0.3, 0.4) is 0 Å². The Morgan fingerprint density at radius 2 is 1.56 bits per heavy atom. The normalized spacial score (nSPS) is 12.3. The fraction of sp³-hybridized carbons (Fsp3) is 1.00. The molecule has 100 valence electrons. The molecule has 0 heterocycles. The maximum atomic E-state index is 12.0. The lowest BCUT2D eigenvalue weighted by molar-refractivity contribution is -0.867. The summed E-state index contributed by atoms with van der Waals surface area (Å²) in [5.74, 6) is 0.779. The third-order valence-corrected chi connectivity index (χ3v) is 5.55. The molecule has 0 radical (unpaired) electrons. The highest BCUT2D eigenvalue weighted by Crippen LogP contribution is 2.60. The molecule has 7 heteroatoms. The van der Waals surface area contributed by atoms with E-state index in [-0.39, 0.29) is 12.4 Å². The van der Waals surface area contributed by atoms with Gasteiger partial charge in [-0.25, -0.2) is 4.57 Å². The second-order valence-corrected chi connectivity index (χ2v) is 8.32. The average molecular weight is 292 g/mol. The van der Waals surface area contributed by atoms with Crippen LogP contribution in [0.5, 0.6) is 0 Å². The molecule has 0 aromatic carbocycles. The Labute approximate surface area is 109 Å². The minimum Gasteiger partial charge on any atom is -1.00 e. The molecule has 0 aliphatic rings. The van der Waals surface area contributed by atoms with E-state index in [0.717, 1.165) is 16.8 Å². The van der Waals surface area contributed by atoms with Crippen molar-refractivity contribution in [3.05, 3.63) is 0 Å². The Balaban J connectivity index is 0. The van der Waals surface area contributed by atoms with Crippen LogP contribution in [0.4, 0.5) is 0 Å². The van der Waals surface area contributed by atoms with Gasteiger partial charge < -0.3 is 25.9 Å². The van der Waals surface area contributed by atoms with Crippen molar-refractivity contribution in [2.75, 3.05) is 46.7 Å². The SMILES string of the molecule is CCOP(=O)(OCC)SCC[N+](C)(C)C.[Cl-]. The van der Waals surface area contributed by atoms with Gasteiger partial charge in [-0.1, -0.05) is 0 Å². The molecule has 0 spiro atoms. The highest BCUT2D eigenvalue weighted by Gasteiger charge is 2.25. The van der Waals surface area contributed by atoms with E-state index in [1.54, 1.807) is 0 Å². The van der Waals surface area contributed by atoms with Gasteiger partial charge in [0.15, 0.2) is 0 Å². The zero-order valence-electron chi connectivity index (χ0n) is 10.7. The lowest BCUT2D eigenvalue weighted by Crippen LogP contribution is -3.00. The predicted octanol–water partition coefficient (Wildman–Crippen LogP) is -0.389. The van der Waals surface area contributed by atoms with E-state index in [9.17, 15) is 4.57 Å². The van der Waals surface area contributed by atoms with E-state index in [0.29, 0.717) is 13.2 Å². The molecule has 0 aliphatic heterocycles. The molecule has 16 heavy (non-hydrogen) atoms. The van der Waals surface area contributed by atoms with Crippen LogP contribution in [0.2, 0.25) is 0 Å². The minimum atomic E-state index is -2.90. The van der Waals surface area contributed by atoms with Crippen LogP contribution in [0.25, 0.3) is 0 Å². The van der Waals surface area contributed by atoms with E-state index < -0.39 is 6.80 Å². The van der Waals surface area contributed by atoms with Crippen molar-refractivity contribution in [1.29, 1.82) is 0 Å². The van der Waals surface area contributed by atoms with Crippen molar-refractivity contribution in [2.24, 2.45) is 0 Å². The molecule has 0 aromatic rings. The third-order valence-electron chi connectivity index (χ3n) is 1.59. The first kappa shape index (κ1) is 19.1. The van der Waals surface area contributed by atoms with Gasteiger partial charge in [0.05, 0.1) is 46.7 Å². The van der Waals surface area contributed by atoms with Crippen LogP contribution in [0, 0.1) is 0 Å². The second-order valence-electron chi connectivity index (χ2n) is 4.13. The van der Waals surface area contributed by atoms with Crippen LogP contribution >= 0.6 is 18.2 Å². The summed E-state index contributed by atoms with van der Waals surface area (Å²) in [6, 6.07) is 0. The molecule has 0 aromatic heterocycles. The second kappa shape index (κ2) is 8.78. The number of rotatable bonds is 8. The Hall–Kier alpha value is 0.750. The minimum absolute atomic E-state index is 0. The average Bonchev–Trinajstić information content (AvgIpc) is 2.01. The molecule has 0 fully saturated rings. The molecule has 0 unspecified atom stereocenters. The standard InChI is InChI=1S/C9H23NO3PS.ClH/c1-6-12-14(11,13-7-2)15-9-8-10(3,4)5;/h6-9H2,1-5H3;1H/q+1;/p-1. The zero-order chi connectivity index (χ0) is 11.9. The first-order valence-corrected chi connectivity index (χ1v) is 8.30. The van der Waals surface area contributed by atoms with E-state index >= 15 is 0 Å². The Morgan fingerprint density at radius 3 is 1.88 bits per heavy atom. The van der Waals surface area contributed by atoms with Crippen molar-refractivity contribution in [3.8, 4) is 0 Å². The number of halogens is 1. The van der Waals surface area contributed by atoms with Gasteiger partial charge in [-0.05, 0) is 25.2 Å². The molecule has 4 nitrogen and oxygen atoms in total. The quantitative estimate of drug-likeness (QED) is 0.451. The molecule has 0 N–H and O–H groups in total. The molecule has 0 atom stereocenters. The monoisotopic (exact) mass is 291 g/mol. The maximum Gasteiger partial charge on any atom is 0.389 e. The summed E-state index contributed by atoms with van der Waals surface area (Å²) in [5, 5.41) is 0. The van der Waals surface area contributed by atoms with Crippen LogP contribution in [-0.4, -0.2) is 51.1 Å². The summed E-state index contributed by atoms with van der Waals surface area (Å²) < 4.78 is 23.2. The summed E-state index contributed by atoms with van der Waals surface area (Å²) in [7, 11) is 6.31. The first-order chi connectivity index (χ1) is 6.83. The zero-order valence-corrected chi connectivity index (χ0v) is 13.2. The van der Waals surface area contributed by atoms with Crippen LogP contribution in [0.15, 0.2) is 0 Å². The lowest BCUT2D eigenvalue weighted by Gasteiger charge is -2.24. The predicted molar refractivity (Wildman–Crippen MR) is 66.2 cm³/mol. The van der Waals surface area contributed by atoms with Gasteiger partial charge >= 0.3 is 6.80 Å². The molecular weight excluding hydrogens is 269 g/mol. The van der Waals surface area contributed by atoms with Gasteiger partial charge in [-0.15, -0.1) is 0 Å². The molecular formula is C9H23ClNO3PS. The van der Waals surface area contributed by atoms with Crippen LogP contribution in [-0.2, 0) is 13.6 Å². The van der Waals surface area contributed by atoms with Gasteiger partial charge in [-0.3, -0.25) is 0 Å². The van der Waals surface area contributed by atoms with Crippen molar-refractivity contribution in [1.82, 2.24) is 0 Å². The summed E-state index contributed by atoms with van der Waals surface area (Å²) in [4.78, 5) is 0. The Bertz CT molecular complexity index is 213. The Kier molecular flexibility index (Phi) is 10.5. The van der Waals surface area contributed by atoms with Crippen molar-refractivity contribution >= 4 is 18.2 Å². The van der Waals surface area contributed by atoms with E-state index in [1.165, 1.54) is 11.4 Å². The van der Waals surface area contributed by atoms with Crippen LogP contribution < -0.4 is 12.4 Å². The highest BCUT2D eigenvalue weighted by atomic mass is 35.5. The molecule has 0 saturated carbocycles. The highest BCUT2D eigenvalue weighted by molar-refractivity contribution is 8.55. The number of nitrogens with zero attached hydrogens (tertiary/aromatic N) is 1. The molecule has 0 rings (SSSR count). The molecule has 0 aliphatic carbocycles. The Morgan fingerprint density at radius 1 is 1.12 bits per heavy atom. The summed E-state index contributed by atoms with van der Waals surface area (Å²) in [6.45, 7) is 2.54. The van der Waals surface area contributed by atoms with Crippen molar-refractivity contribution in [3.63, 3.8) is 0 Å². The smallest absolute Gasteiger partial charge is 0.389 e. The topological polar surface area (TPSA) is 35.5 Å². The summed E-state index contributed by atoms with van der Waals surface area (Å²) in [6.07, 6.45) is 0. The van der Waals surface area contributed by atoms with Crippen molar-refractivity contribution in [2.45, 2.75) is 13.8 Å². The largest absolute Gasteiger partial charge is 1.00 e. The first-order valence-electron chi connectivity index (χ1n) is 5.17. The third kappa shape index (κ3) is 9.94. The maximum absolute atomic E-state index is 12.0. The van der Waals surface area contributed by atoms with E-state index in [2.05, 4.69) is 21.1 Å². The van der Waals surface area contributed by atoms with Crippen LogP contribution in [0.1, 0.15) is 13.8 Å². The number of quaternary nitrogens is 1. The van der Waals surface area contributed by atoms with Crippen molar-refractivity contribution < 1.29 is 30.5 Å². The van der Waals surface area contributed by atoms with E-state index in [4.69, 9.17) is 9.05 Å². The number of hydrogen-bond donors (Lipinski definition) is 0. The molecule has 0 bridgehead atoms.